The molecule has 1 aromatic heterocycles. The molecule has 0 unspecified atom stereocenters. The van der Waals surface area contributed by atoms with E-state index < -0.39 is 5.41 Å². The van der Waals surface area contributed by atoms with Gasteiger partial charge in [0.2, 0.25) is 11.8 Å². The normalized spacial score (nSPS) is 17.7. The summed E-state index contributed by atoms with van der Waals surface area (Å²) in [4.78, 5) is 43.3. The van der Waals surface area contributed by atoms with Crippen LogP contribution in [0, 0.1) is 5.41 Å². The van der Waals surface area contributed by atoms with Gasteiger partial charge in [-0.2, -0.15) is 5.10 Å². The number of hydrogen-bond donors (Lipinski definition) is 2. The van der Waals surface area contributed by atoms with Gasteiger partial charge in [0.05, 0.1) is 5.41 Å². The number of carbonyl (C=O) groups is 3. The lowest BCUT2D eigenvalue weighted by Crippen LogP contribution is -2.52. The molecule has 0 bridgehead atoms. The Hall–Kier alpha value is -3.55. The van der Waals surface area contributed by atoms with Crippen molar-refractivity contribution in [1.82, 2.24) is 20.6 Å². The quantitative estimate of drug-likeness (QED) is 0.709. The summed E-state index contributed by atoms with van der Waals surface area (Å²) in [6, 6.07) is 12.2. The Morgan fingerprint density at radius 3 is 2.58 bits per heavy atom. The number of likely N-dealkylation sites (tertiary alicyclic amines) is 1. The Morgan fingerprint density at radius 1 is 1.12 bits per heavy atom. The molecule has 2 N–H and O–H groups in total. The van der Waals surface area contributed by atoms with Crippen LogP contribution in [0.15, 0.2) is 53.9 Å². The fraction of sp³-hybridized carbons (Fsp3) is 0.400. The SMILES string of the molecule is CCNC(=O)C1(Cc2cccc(-c3cccnc3)c2)CCN(C(=O)C2=NNC(=O)CC2)CC1. The minimum Gasteiger partial charge on any atom is -0.356 e. The van der Waals surface area contributed by atoms with E-state index in [4.69, 9.17) is 0 Å². The summed E-state index contributed by atoms with van der Waals surface area (Å²) in [5.41, 5.74) is 5.37. The fourth-order valence-electron chi connectivity index (χ4n) is 4.57. The second-order valence-electron chi connectivity index (χ2n) is 8.64. The number of piperidine rings is 1. The summed E-state index contributed by atoms with van der Waals surface area (Å²) in [5.74, 6) is -0.293. The number of nitrogens with one attached hydrogen (secondary N) is 2. The van der Waals surface area contributed by atoms with Gasteiger partial charge in [0.25, 0.3) is 5.91 Å². The fourth-order valence-corrected chi connectivity index (χ4v) is 4.57. The van der Waals surface area contributed by atoms with Crippen LogP contribution in [0.3, 0.4) is 0 Å². The van der Waals surface area contributed by atoms with Crippen molar-refractivity contribution in [3.8, 4) is 11.1 Å². The minimum atomic E-state index is -0.580. The van der Waals surface area contributed by atoms with E-state index in [2.05, 4.69) is 33.0 Å². The maximum Gasteiger partial charge on any atom is 0.270 e. The zero-order chi connectivity index (χ0) is 23.3. The average Bonchev–Trinajstić information content (AvgIpc) is 2.85. The standard InChI is InChI=1S/C25H29N5O3/c1-2-27-24(33)25(16-18-5-3-6-19(15-18)20-7-4-12-26-17-20)10-13-30(14-11-25)23(32)21-8-9-22(31)29-28-21/h3-7,12,15,17H,2,8-11,13-14,16H2,1H3,(H,27,33)(H,29,31). The van der Waals surface area contributed by atoms with Crippen molar-refractivity contribution in [3.63, 3.8) is 0 Å². The Bertz CT molecular complexity index is 1060. The lowest BCUT2D eigenvalue weighted by molar-refractivity contribution is -0.137. The van der Waals surface area contributed by atoms with E-state index in [1.165, 1.54) is 0 Å². The van der Waals surface area contributed by atoms with Gasteiger partial charge >= 0.3 is 0 Å². The topological polar surface area (TPSA) is 104 Å². The second-order valence-corrected chi connectivity index (χ2v) is 8.64. The highest BCUT2D eigenvalue weighted by molar-refractivity contribution is 6.39. The number of aromatic nitrogens is 1. The van der Waals surface area contributed by atoms with E-state index in [1.807, 2.05) is 37.4 Å². The third kappa shape index (κ3) is 5.10. The number of pyridine rings is 1. The van der Waals surface area contributed by atoms with Crippen molar-refractivity contribution in [2.24, 2.45) is 10.5 Å². The van der Waals surface area contributed by atoms with Crippen molar-refractivity contribution in [3.05, 3.63) is 54.4 Å². The first kappa shape index (κ1) is 22.6. The molecule has 8 nitrogen and oxygen atoms in total. The molecule has 2 aliphatic heterocycles. The van der Waals surface area contributed by atoms with Crippen molar-refractivity contribution < 1.29 is 14.4 Å². The molecule has 0 spiro atoms. The van der Waals surface area contributed by atoms with Crippen LogP contribution in [-0.2, 0) is 20.8 Å². The van der Waals surface area contributed by atoms with Crippen molar-refractivity contribution in [2.45, 2.75) is 39.0 Å². The molecule has 2 aliphatic rings. The summed E-state index contributed by atoms with van der Waals surface area (Å²) in [6.45, 7) is 3.44. The van der Waals surface area contributed by atoms with Crippen LogP contribution in [0.25, 0.3) is 11.1 Å². The highest BCUT2D eigenvalue weighted by atomic mass is 16.2. The number of nitrogens with zero attached hydrogens (tertiary/aromatic N) is 3. The Labute approximate surface area is 193 Å². The third-order valence-corrected chi connectivity index (χ3v) is 6.44. The number of carbonyl (C=O) groups excluding carboxylic acids is 3. The van der Waals surface area contributed by atoms with Crippen LogP contribution in [0.2, 0.25) is 0 Å². The molecule has 0 aliphatic carbocycles. The van der Waals surface area contributed by atoms with Gasteiger partial charge in [0.1, 0.15) is 5.71 Å². The number of benzene rings is 1. The Morgan fingerprint density at radius 2 is 1.91 bits per heavy atom. The van der Waals surface area contributed by atoms with E-state index in [9.17, 15) is 14.4 Å². The number of hydrogen-bond acceptors (Lipinski definition) is 5. The van der Waals surface area contributed by atoms with Crippen LogP contribution in [0.5, 0.6) is 0 Å². The molecule has 33 heavy (non-hydrogen) atoms. The summed E-state index contributed by atoms with van der Waals surface area (Å²) in [5, 5.41) is 6.95. The predicted molar refractivity (Wildman–Crippen MR) is 125 cm³/mol. The highest BCUT2D eigenvalue weighted by Crippen LogP contribution is 2.36. The summed E-state index contributed by atoms with van der Waals surface area (Å²) >= 11 is 0. The molecule has 1 saturated heterocycles. The monoisotopic (exact) mass is 447 g/mol. The second kappa shape index (κ2) is 9.94. The van der Waals surface area contributed by atoms with Crippen LogP contribution >= 0.6 is 0 Å². The van der Waals surface area contributed by atoms with Gasteiger partial charge in [-0.05, 0) is 48.9 Å². The molecule has 0 saturated carbocycles. The van der Waals surface area contributed by atoms with Crippen LogP contribution in [0.1, 0.15) is 38.2 Å². The van der Waals surface area contributed by atoms with Crippen molar-refractivity contribution >= 4 is 23.4 Å². The molecule has 0 radical (unpaired) electrons. The molecule has 4 rings (SSSR count). The largest absolute Gasteiger partial charge is 0.356 e. The van der Waals surface area contributed by atoms with Crippen LogP contribution in [0.4, 0.5) is 0 Å². The zero-order valence-corrected chi connectivity index (χ0v) is 18.8. The minimum absolute atomic E-state index is 0.0335. The van der Waals surface area contributed by atoms with Crippen molar-refractivity contribution in [1.29, 1.82) is 0 Å². The lowest BCUT2D eigenvalue weighted by atomic mass is 9.72. The van der Waals surface area contributed by atoms with E-state index in [1.54, 1.807) is 11.1 Å². The van der Waals surface area contributed by atoms with E-state index in [0.29, 0.717) is 51.0 Å². The zero-order valence-electron chi connectivity index (χ0n) is 18.8. The van der Waals surface area contributed by atoms with Crippen LogP contribution < -0.4 is 10.7 Å². The molecule has 1 fully saturated rings. The van der Waals surface area contributed by atoms with Gasteiger partial charge in [-0.25, -0.2) is 5.43 Å². The van der Waals surface area contributed by atoms with Crippen LogP contribution in [-0.4, -0.2) is 53.0 Å². The van der Waals surface area contributed by atoms with Gasteiger partial charge in [-0.3, -0.25) is 19.4 Å². The molecular formula is C25H29N5O3. The lowest BCUT2D eigenvalue weighted by Gasteiger charge is -2.41. The smallest absolute Gasteiger partial charge is 0.270 e. The third-order valence-electron chi connectivity index (χ3n) is 6.44. The van der Waals surface area contributed by atoms with E-state index in [-0.39, 0.29) is 24.1 Å². The number of hydrazone groups is 1. The summed E-state index contributed by atoms with van der Waals surface area (Å²) in [6.07, 6.45) is 5.95. The van der Waals surface area contributed by atoms with Gasteiger partial charge in [-0.1, -0.05) is 30.3 Å². The van der Waals surface area contributed by atoms with E-state index >= 15 is 0 Å². The van der Waals surface area contributed by atoms with Crippen molar-refractivity contribution in [2.75, 3.05) is 19.6 Å². The molecule has 0 atom stereocenters. The summed E-state index contributed by atoms with van der Waals surface area (Å²) in [7, 11) is 0. The first-order chi connectivity index (χ1) is 16.0. The van der Waals surface area contributed by atoms with E-state index in [0.717, 1.165) is 16.7 Å². The molecule has 3 heterocycles. The predicted octanol–water partition coefficient (Wildman–Crippen LogP) is 2.30. The number of amides is 3. The van der Waals surface area contributed by atoms with Gasteiger partial charge < -0.3 is 10.2 Å². The maximum absolute atomic E-state index is 13.2. The maximum atomic E-state index is 13.2. The molecule has 1 aromatic carbocycles. The van der Waals surface area contributed by atoms with Gasteiger partial charge in [0, 0.05) is 44.9 Å². The Kier molecular flexibility index (Phi) is 6.82. The molecule has 172 valence electrons. The molecular weight excluding hydrogens is 418 g/mol. The first-order valence-corrected chi connectivity index (χ1v) is 11.4. The Balaban J connectivity index is 1.51. The van der Waals surface area contributed by atoms with Gasteiger partial charge in [0.15, 0.2) is 0 Å². The molecule has 8 heteroatoms. The van der Waals surface area contributed by atoms with Gasteiger partial charge in [-0.15, -0.1) is 0 Å². The average molecular weight is 448 g/mol. The number of rotatable bonds is 6. The molecule has 3 amide bonds. The highest BCUT2D eigenvalue weighted by Gasteiger charge is 2.42. The molecule has 2 aromatic rings. The first-order valence-electron chi connectivity index (χ1n) is 11.4. The summed E-state index contributed by atoms with van der Waals surface area (Å²) < 4.78 is 0.